The first-order valence-corrected chi connectivity index (χ1v) is 13.3. The Labute approximate surface area is 219 Å². The third-order valence-corrected chi connectivity index (χ3v) is 8.33. The van der Waals surface area contributed by atoms with Gasteiger partial charge in [-0.3, -0.25) is 19.7 Å². The van der Waals surface area contributed by atoms with Gasteiger partial charge in [0, 0.05) is 51.0 Å². The summed E-state index contributed by atoms with van der Waals surface area (Å²) in [4.78, 5) is 38.1. The topological polar surface area (TPSA) is 157 Å². The first-order chi connectivity index (χ1) is 18.2. The van der Waals surface area contributed by atoms with E-state index in [4.69, 9.17) is 9.47 Å². The van der Waals surface area contributed by atoms with E-state index in [9.17, 15) is 33.2 Å². The van der Waals surface area contributed by atoms with Crippen molar-refractivity contribution in [3.63, 3.8) is 0 Å². The number of nitro groups is 1. The average Bonchev–Trinajstić information content (AvgIpc) is 3.18. The summed E-state index contributed by atoms with van der Waals surface area (Å²) >= 11 is 0. The van der Waals surface area contributed by atoms with Gasteiger partial charge in [-0.05, 0) is 36.2 Å². The zero-order valence-electron chi connectivity index (χ0n) is 20.6. The van der Waals surface area contributed by atoms with Gasteiger partial charge < -0.3 is 19.5 Å². The van der Waals surface area contributed by atoms with Crippen molar-refractivity contribution < 1.29 is 37.5 Å². The minimum absolute atomic E-state index is 0.00574. The van der Waals surface area contributed by atoms with Crippen LogP contribution < -0.4 is 0 Å². The number of aliphatic hydroxyl groups is 1. The number of hydrogen-bond acceptors (Lipinski definition) is 9. The fourth-order valence-corrected chi connectivity index (χ4v) is 5.93. The molecule has 13 heteroatoms. The quantitative estimate of drug-likeness (QED) is 0.124. The number of sulfonamides is 1. The molecule has 12 nitrogen and oxygen atoms in total. The second-order valence-corrected chi connectivity index (χ2v) is 10.7. The smallest absolute Gasteiger partial charge is 0.295 e. The SMILES string of the molecule is COCCCN1C(=O)C(=O)C(=C(O)c2ccc(S(=O)(=O)N3CCOCC3)cc2)[C@H]1c1cccc([N+](=O)[O-])c1. The number of ether oxygens (including phenoxy) is 2. The van der Waals surface area contributed by atoms with Gasteiger partial charge in [0.2, 0.25) is 10.0 Å². The Balaban J connectivity index is 1.75. The molecule has 1 amide bonds. The van der Waals surface area contributed by atoms with Crippen LogP contribution in [0.15, 0.2) is 59.0 Å². The van der Waals surface area contributed by atoms with Gasteiger partial charge in [-0.2, -0.15) is 4.31 Å². The number of non-ortho nitro benzene ring substituents is 1. The van der Waals surface area contributed by atoms with E-state index in [1.807, 2.05) is 0 Å². The third-order valence-electron chi connectivity index (χ3n) is 6.42. The van der Waals surface area contributed by atoms with E-state index in [1.165, 1.54) is 64.8 Å². The Kier molecular flexibility index (Phi) is 8.21. The van der Waals surface area contributed by atoms with Gasteiger partial charge in [-0.25, -0.2) is 8.42 Å². The minimum Gasteiger partial charge on any atom is -0.507 e. The molecule has 38 heavy (non-hydrogen) atoms. The van der Waals surface area contributed by atoms with Crippen LogP contribution in [0.3, 0.4) is 0 Å². The molecule has 202 valence electrons. The summed E-state index contributed by atoms with van der Waals surface area (Å²) < 4.78 is 37.4. The highest BCUT2D eigenvalue weighted by Gasteiger charge is 2.46. The average molecular weight is 546 g/mol. The van der Waals surface area contributed by atoms with Crippen molar-refractivity contribution in [2.45, 2.75) is 17.4 Å². The number of nitrogens with zero attached hydrogens (tertiary/aromatic N) is 3. The molecule has 4 rings (SSSR count). The number of rotatable bonds is 9. The summed E-state index contributed by atoms with van der Waals surface area (Å²) in [6, 6.07) is 9.78. The summed E-state index contributed by atoms with van der Waals surface area (Å²) in [6.45, 7) is 1.45. The van der Waals surface area contributed by atoms with E-state index < -0.39 is 38.4 Å². The molecule has 2 fully saturated rings. The Bertz CT molecular complexity index is 1370. The summed E-state index contributed by atoms with van der Waals surface area (Å²) in [5, 5.41) is 22.6. The molecular formula is C25H27N3O9S. The molecule has 2 aromatic rings. The van der Waals surface area contributed by atoms with Gasteiger partial charge in [0.1, 0.15) is 5.76 Å². The number of nitro benzene ring substituents is 1. The monoisotopic (exact) mass is 545 g/mol. The molecule has 0 aliphatic carbocycles. The van der Waals surface area contributed by atoms with Gasteiger partial charge in [0.15, 0.2) is 0 Å². The van der Waals surface area contributed by atoms with Crippen LogP contribution in [-0.4, -0.2) is 85.9 Å². The Hall–Kier alpha value is -3.65. The number of amides is 1. The van der Waals surface area contributed by atoms with Crippen LogP contribution in [0.4, 0.5) is 5.69 Å². The zero-order chi connectivity index (χ0) is 27.4. The zero-order valence-corrected chi connectivity index (χ0v) is 21.4. The highest BCUT2D eigenvalue weighted by Crippen LogP contribution is 2.40. The molecule has 2 heterocycles. The molecule has 0 aromatic heterocycles. The number of likely N-dealkylation sites (tertiary alicyclic amines) is 1. The minimum atomic E-state index is -3.78. The molecule has 2 saturated heterocycles. The predicted molar refractivity (Wildman–Crippen MR) is 135 cm³/mol. The fourth-order valence-electron chi connectivity index (χ4n) is 4.52. The first-order valence-electron chi connectivity index (χ1n) is 11.9. The molecule has 2 aliphatic rings. The maximum absolute atomic E-state index is 13.1. The van der Waals surface area contributed by atoms with Crippen LogP contribution in [0.5, 0.6) is 0 Å². The molecular weight excluding hydrogens is 518 g/mol. The lowest BCUT2D eigenvalue weighted by Crippen LogP contribution is -2.40. The molecule has 2 aromatic carbocycles. The summed E-state index contributed by atoms with van der Waals surface area (Å²) in [5.74, 6) is -2.31. The van der Waals surface area contributed by atoms with Crippen molar-refractivity contribution in [3.8, 4) is 0 Å². The van der Waals surface area contributed by atoms with Crippen molar-refractivity contribution >= 4 is 33.2 Å². The lowest BCUT2D eigenvalue weighted by molar-refractivity contribution is -0.384. The number of ketones is 1. The Morgan fingerprint density at radius 1 is 1.16 bits per heavy atom. The number of morpholine rings is 1. The van der Waals surface area contributed by atoms with Crippen molar-refractivity contribution in [1.82, 2.24) is 9.21 Å². The summed E-state index contributed by atoms with van der Waals surface area (Å²) in [5.41, 5.74) is -0.0699. The predicted octanol–water partition coefficient (Wildman–Crippen LogP) is 2.07. The Morgan fingerprint density at radius 3 is 2.47 bits per heavy atom. The first kappa shape index (κ1) is 27.4. The van der Waals surface area contributed by atoms with Crippen molar-refractivity contribution in [3.05, 3.63) is 75.3 Å². The number of carbonyl (C=O) groups excluding carboxylic acids is 2. The van der Waals surface area contributed by atoms with Gasteiger partial charge >= 0.3 is 0 Å². The molecule has 0 saturated carbocycles. The second kappa shape index (κ2) is 11.4. The van der Waals surface area contributed by atoms with E-state index in [1.54, 1.807) is 0 Å². The standard InChI is InChI=1S/C25H27N3O9S/c1-36-13-3-10-27-22(18-4-2-5-19(16-18)28(32)33)21(24(30)25(27)31)23(29)17-6-8-20(9-7-17)38(34,35)26-11-14-37-15-12-26/h2,4-9,16,22,29H,3,10-15H2,1H3/t22-/m1/s1. The fraction of sp³-hybridized carbons (Fsp3) is 0.360. The van der Waals surface area contributed by atoms with E-state index in [0.717, 1.165) is 0 Å². The normalized spacial score (nSPS) is 20.1. The van der Waals surface area contributed by atoms with E-state index in [2.05, 4.69) is 0 Å². The number of hydrogen-bond donors (Lipinski definition) is 1. The maximum atomic E-state index is 13.1. The largest absolute Gasteiger partial charge is 0.507 e. The van der Waals surface area contributed by atoms with E-state index >= 15 is 0 Å². The van der Waals surface area contributed by atoms with Crippen LogP contribution in [0, 0.1) is 10.1 Å². The number of benzene rings is 2. The van der Waals surface area contributed by atoms with Gasteiger partial charge in [-0.1, -0.05) is 12.1 Å². The molecule has 0 radical (unpaired) electrons. The molecule has 1 N–H and O–H groups in total. The van der Waals surface area contributed by atoms with Crippen molar-refractivity contribution in [2.75, 3.05) is 46.6 Å². The van der Waals surface area contributed by atoms with Crippen LogP contribution in [0.1, 0.15) is 23.6 Å². The van der Waals surface area contributed by atoms with Crippen molar-refractivity contribution in [1.29, 1.82) is 0 Å². The molecule has 0 spiro atoms. The van der Waals surface area contributed by atoms with Crippen LogP contribution in [-0.2, 0) is 29.1 Å². The van der Waals surface area contributed by atoms with Crippen LogP contribution in [0.2, 0.25) is 0 Å². The van der Waals surface area contributed by atoms with Crippen LogP contribution >= 0.6 is 0 Å². The number of aliphatic hydroxyl groups excluding tert-OH is 1. The Morgan fingerprint density at radius 2 is 1.84 bits per heavy atom. The molecule has 1 atom stereocenters. The second-order valence-electron chi connectivity index (χ2n) is 8.73. The summed E-state index contributed by atoms with van der Waals surface area (Å²) in [7, 11) is -2.29. The lowest BCUT2D eigenvalue weighted by Gasteiger charge is -2.26. The number of carbonyl (C=O) groups is 2. The van der Waals surface area contributed by atoms with Gasteiger partial charge in [0.05, 0.1) is 34.6 Å². The van der Waals surface area contributed by atoms with Gasteiger partial charge in [-0.15, -0.1) is 0 Å². The lowest BCUT2D eigenvalue weighted by atomic mass is 9.95. The maximum Gasteiger partial charge on any atom is 0.295 e. The van der Waals surface area contributed by atoms with Crippen LogP contribution in [0.25, 0.3) is 5.76 Å². The third kappa shape index (κ3) is 5.31. The number of methoxy groups -OCH3 is 1. The highest BCUT2D eigenvalue weighted by atomic mass is 32.2. The van der Waals surface area contributed by atoms with E-state index in [-0.39, 0.29) is 46.9 Å². The molecule has 0 bridgehead atoms. The van der Waals surface area contributed by atoms with Gasteiger partial charge in [0.25, 0.3) is 17.4 Å². The van der Waals surface area contributed by atoms with E-state index in [0.29, 0.717) is 26.2 Å². The summed E-state index contributed by atoms with van der Waals surface area (Å²) in [6.07, 6.45) is 0.392. The number of Topliss-reactive ketones (excluding diaryl/α,β-unsaturated/α-hetero) is 1. The van der Waals surface area contributed by atoms with Crippen molar-refractivity contribution in [2.24, 2.45) is 0 Å². The molecule has 2 aliphatic heterocycles. The highest BCUT2D eigenvalue weighted by molar-refractivity contribution is 7.89. The molecule has 0 unspecified atom stereocenters.